The van der Waals surface area contributed by atoms with Crippen molar-refractivity contribution in [2.45, 2.75) is 56.9 Å². The lowest BCUT2D eigenvalue weighted by Crippen LogP contribution is -2.52. The Hall–Kier alpha value is -1.35. The molecule has 1 unspecified atom stereocenters. The smallest absolute Gasteiger partial charge is 0.248 e. The van der Waals surface area contributed by atoms with Gasteiger partial charge in [-0.15, -0.1) is 0 Å². The molecule has 1 aromatic rings. The molecule has 2 aliphatic rings. The number of nitrogens with two attached hydrogens (primary N) is 2. The highest BCUT2D eigenvalue weighted by molar-refractivity contribution is 5.93. The molecule has 0 spiro atoms. The summed E-state index contributed by atoms with van der Waals surface area (Å²) in [4.78, 5) is 11.5. The summed E-state index contributed by atoms with van der Waals surface area (Å²) in [7, 11) is 0. The van der Waals surface area contributed by atoms with Gasteiger partial charge in [0.1, 0.15) is 0 Å². The second-order valence-corrected chi connectivity index (χ2v) is 6.74. The lowest BCUT2D eigenvalue weighted by atomic mass is 9.60. The Kier molecular flexibility index (Phi) is 3.33. The Labute approximate surface area is 120 Å². The molecule has 1 amide bonds. The van der Waals surface area contributed by atoms with Crippen LogP contribution >= 0.6 is 0 Å². The normalized spacial score (nSPS) is 32.9. The summed E-state index contributed by atoms with van der Waals surface area (Å²) in [5.41, 5.74) is 15.3. The van der Waals surface area contributed by atoms with Crippen molar-refractivity contribution in [3.8, 4) is 0 Å². The van der Waals surface area contributed by atoms with E-state index in [1.807, 2.05) is 12.1 Å². The van der Waals surface area contributed by atoms with Crippen molar-refractivity contribution in [3.05, 3.63) is 34.9 Å². The van der Waals surface area contributed by atoms with Gasteiger partial charge in [0.15, 0.2) is 0 Å². The lowest BCUT2D eigenvalue weighted by molar-refractivity contribution is 0.1000. The maximum Gasteiger partial charge on any atom is 0.248 e. The van der Waals surface area contributed by atoms with Gasteiger partial charge in [0.25, 0.3) is 0 Å². The van der Waals surface area contributed by atoms with E-state index in [1.54, 1.807) is 0 Å². The largest absolute Gasteiger partial charge is 0.366 e. The van der Waals surface area contributed by atoms with Gasteiger partial charge in [0, 0.05) is 17.0 Å². The van der Waals surface area contributed by atoms with Crippen molar-refractivity contribution in [2.24, 2.45) is 17.4 Å². The maximum atomic E-state index is 11.5. The molecule has 1 aromatic carbocycles. The van der Waals surface area contributed by atoms with Crippen molar-refractivity contribution >= 4 is 5.91 Å². The number of hydrogen-bond acceptors (Lipinski definition) is 2. The molecule has 108 valence electrons. The van der Waals surface area contributed by atoms with Crippen LogP contribution in [-0.2, 0) is 11.8 Å². The summed E-state index contributed by atoms with van der Waals surface area (Å²) in [5, 5.41) is 0. The first-order valence-corrected chi connectivity index (χ1v) is 7.71. The standard InChI is InChI=1S/C17H24N2O/c1-17-8-4-2-3-5-12(15(17)18)9-11-6-7-13(16(19)20)10-14(11)17/h6-7,10,12,15H,2-5,8-9,18H2,1H3,(H2,19,20)/t12?,15-,17+/m0/s1. The zero-order valence-corrected chi connectivity index (χ0v) is 12.2. The molecule has 3 rings (SSSR count). The lowest BCUT2D eigenvalue weighted by Gasteiger charge is -2.47. The third-order valence-electron chi connectivity index (χ3n) is 5.51. The predicted octanol–water partition coefficient (Wildman–Crippen LogP) is 2.51. The van der Waals surface area contributed by atoms with Crippen LogP contribution in [0.5, 0.6) is 0 Å². The molecule has 0 aromatic heterocycles. The van der Waals surface area contributed by atoms with Gasteiger partial charge in [-0.05, 0) is 48.4 Å². The summed E-state index contributed by atoms with van der Waals surface area (Å²) in [6.45, 7) is 2.28. The van der Waals surface area contributed by atoms with E-state index in [0.29, 0.717) is 11.5 Å². The molecule has 3 nitrogen and oxygen atoms in total. The summed E-state index contributed by atoms with van der Waals surface area (Å²) in [6, 6.07) is 6.14. The van der Waals surface area contributed by atoms with Crippen molar-refractivity contribution in [3.63, 3.8) is 0 Å². The molecular formula is C17H24N2O. The minimum Gasteiger partial charge on any atom is -0.366 e. The number of carbonyl (C=O) groups is 1. The molecule has 0 saturated heterocycles. The van der Waals surface area contributed by atoms with E-state index >= 15 is 0 Å². The number of hydrogen-bond donors (Lipinski definition) is 2. The van der Waals surface area contributed by atoms with Gasteiger partial charge < -0.3 is 11.5 Å². The summed E-state index contributed by atoms with van der Waals surface area (Å²) < 4.78 is 0. The van der Waals surface area contributed by atoms with Crippen molar-refractivity contribution in [2.75, 3.05) is 0 Å². The SMILES string of the molecule is C[C@@]12CCCCCC(Cc3ccc(C(N)=O)cc31)[C@@H]2N. The molecule has 3 atom stereocenters. The Morgan fingerprint density at radius 3 is 2.85 bits per heavy atom. The van der Waals surface area contributed by atoms with Crippen LogP contribution < -0.4 is 11.5 Å². The highest BCUT2D eigenvalue weighted by Gasteiger charge is 2.43. The van der Waals surface area contributed by atoms with Crippen molar-refractivity contribution in [1.29, 1.82) is 0 Å². The third kappa shape index (κ3) is 2.05. The molecular weight excluding hydrogens is 248 g/mol. The van der Waals surface area contributed by atoms with Crippen LogP contribution in [0, 0.1) is 5.92 Å². The highest BCUT2D eigenvalue weighted by Crippen LogP contribution is 2.45. The van der Waals surface area contributed by atoms with Crippen molar-refractivity contribution < 1.29 is 4.79 Å². The van der Waals surface area contributed by atoms with Crippen LogP contribution in [0.4, 0.5) is 0 Å². The zero-order chi connectivity index (χ0) is 14.3. The summed E-state index contributed by atoms with van der Waals surface area (Å²) in [6.07, 6.45) is 7.20. The molecule has 2 bridgehead atoms. The van der Waals surface area contributed by atoms with Crippen LogP contribution in [0.3, 0.4) is 0 Å². The zero-order valence-electron chi connectivity index (χ0n) is 12.2. The van der Waals surface area contributed by atoms with E-state index in [4.69, 9.17) is 11.5 Å². The Balaban J connectivity index is 2.11. The molecule has 0 heterocycles. The van der Waals surface area contributed by atoms with Gasteiger partial charge in [0.05, 0.1) is 0 Å². The molecule has 0 radical (unpaired) electrons. The van der Waals surface area contributed by atoms with Gasteiger partial charge in [-0.3, -0.25) is 4.79 Å². The van der Waals surface area contributed by atoms with Gasteiger partial charge >= 0.3 is 0 Å². The topological polar surface area (TPSA) is 69.1 Å². The van der Waals surface area contributed by atoms with Crippen LogP contribution in [0.1, 0.15) is 60.5 Å². The number of primary amides is 1. The Bertz CT molecular complexity index is 540. The minimum atomic E-state index is -0.349. The van der Waals surface area contributed by atoms with E-state index in [-0.39, 0.29) is 17.4 Å². The first kappa shape index (κ1) is 13.6. The first-order valence-electron chi connectivity index (χ1n) is 7.71. The fraction of sp³-hybridized carbons (Fsp3) is 0.588. The van der Waals surface area contributed by atoms with Gasteiger partial charge in [-0.25, -0.2) is 0 Å². The Morgan fingerprint density at radius 2 is 2.10 bits per heavy atom. The second kappa shape index (κ2) is 4.88. The van der Waals surface area contributed by atoms with Crippen LogP contribution in [0.2, 0.25) is 0 Å². The van der Waals surface area contributed by atoms with E-state index in [1.165, 1.54) is 36.8 Å². The quantitative estimate of drug-likeness (QED) is 0.824. The van der Waals surface area contributed by atoms with Crippen LogP contribution in [0.15, 0.2) is 18.2 Å². The van der Waals surface area contributed by atoms with Crippen LogP contribution in [-0.4, -0.2) is 11.9 Å². The number of carbonyl (C=O) groups excluding carboxylic acids is 1. The van der Waals surface area contributed by atoms with Gasteiger partial charge in [-0.1, -0.05) is 32.3 Å². The molecule has 3 heteroatoms. The fourth-order valence-electron chi connectivity index (χ4n) is 4.21. The number of rotatable bonds is 1. The van der Waals surface area contributed by atoms with E-state index in [9.17, 15) is 4.79 Å². The first-order chi connectivity index (χ1) is 9.52. The number of amides is 1. The average molecular weight is 272 g/mol. The molecule has 2 aliphatic carbocycles. The highest BCUT2D eigenvalue weighted by atomic mass is 16.1. The predicted molar refractivity (Wildman–Crippen MR) is 80.6 cm³/mol. The van der Waals surface area contributed by atoms with E-state index in [2.05, 4.69) is 13.0 Å². The molecule has 1 fully saturated rings. The molecule has 4 N–H and O–H groups in total. The molecule has 1 saturated carbocycles. The summed E-state index contributed by atoms with van der Waals surface area (Å²) >= 11 is 0. The third-order valence-corrected chi connectivity index (χ3v) is 5.51. The maximum absolute atomic E-state index is 11.5. The minimum absolute atomic E-state index is 0.00979. The Morgan fingerprint density at radius 1 is 1.30 bits per heavy atom. The monoisotopic (exact) mass is 272 g/mol. The summed E-state index contributed by atoms with van der Waals surface area (Å²) in [5.74, 6) is 0.227. The number of fused-ring (bicyclic) bond motifs is 4. The van der Waals surface area contributed by atoms with E-state index in [0.717, 1.165) is 12.8 Å². The van der Waals surface area contributed by atoms with Gasteiger partial charge in [0.2, 0.25) is 5.91 Å². The number of benzene rings is 1. The fourth-order valence-corrected chi connectivity index (χ4v) is 4.21. The van der Waals surface area contributed by atoms with Crippen LogP contribution in [0.25, 0.3) is 0 Å². The molecule has 20 heavy (non-hydrogen) atoms. The van der Waals surface area contributed by atoms with E-state index < -0.39 is 0 Å². The second-order valence-electron chi connectivity index (χ2n) is 6.74. The van der Waals surface area contributed by atoms with Gasteiger partial charge in [-0.2, -0.15) is 0 Å². The van der Waals surface area contributed by atoms with Crippen molar-refractivity contribution in [1.82, 2.24) is 0 Å². The molecule has 0 aliphatic heterocycles. The average Bonchev–Trinajstić information content (AvgIpc) is 2.43.